The van der Waals surface area contributed by atoms with Gasteiger partial charge in [-0.1, -0.05) is 0 Å². The average Bonchev–Trinajstić information content (AvgIpc) is 2.84. The summed E-state index contributed by atoms with van der Waals surface area (Å²) in [5, 5.41) is 7.20. The van der Waals surface area contributed by atoms with Gasteiger partial charge in [0.25, 0.3) is 0 Å². The summed E-state index contributed by atoms with van der Waals surface area (Å²) in [6.07, 6.45) is 1.78. The first-order valence-electron chi connectivity index (χ1n) is 7.15. The lowest BCUT2D eigenvalue weighted by Gasteiger charge is -2.18. The van der Waals surface area contributed by atoms with Crippen LogP contribution in [0.5, 0.6) is 11.5 Å². The van der Waals surface area contributed by atoms with Crippen LogP contribution < -0.4 is 14.8 Å². The Morgan fingerprint density at radius 1 is 1.39 bits per heavy atom. The Kier molecular flexibility index (Phi) is 5.65. The molecule has 2 aromatic rings. The van der Waals surface area contributed by atoms with Gasteiger partial charge in [-0.15, -0.1) is 0 Å². The van der Waals surface area contributed by atoms with Gasteiger partial charge in [0, 0.05) is 11.8 Å². The van der Waals surface area contributed by atoms with Crippen molar-refractivity contribution >= 4 is 21.8 Å². The molecule has 6 nitrogen and oxygen atoms in total. The number of hydrogen-bond donors (Lipinski definition) is 1. The molecule has 1 N–H and O–H groups in total. The fourth-order valence-electron chi connectivity index (χ4n) is 2.26. The Labute approximate surface area is 143 Å². The fraction of sp³-hybridized carbons (Fsp3) is 0.375. The van der Waals surface area contributed by atoms with E-state index in [1.54, 1.807) is 25.1 Å². The van der Waals surface area contributed by atoms with Gasteiger partial charge in [-0.2, -0.15) is 5.10 Å². The summed E-state index contributed by atoms with van der Waals surface area (Å²) >= 11 is 3.38. The lowest BCUT2D eigenvalue weighted by molar-refractivity contribution is -0.122. The van der Waals surface area contributed by atoms with E-state index in [0.29, 0.717) is 11.5 Å². The number of methoxy groups -OCH3 is 2. The minimum absolute atomic E-state index is 0.127. The topological polar surface area (TPSA) is 65.4 Å². The molecule has 0 aliphatic heterocycles. The highest BCUT2D eigenvalue weighted by Gasteiger charge is 2.16. The normalized spacial score (nSPS) is 11.9. The number of carbonyl (C=O) groups excluding carboxylic acids is 1. The van der Waals surface area contributed by atoms with Gasteiger partial charge in [-0.25, -0.2) is 0 Å². The van der Waals surface area contributed by atoms with Crippen LogP contribution in [0.25, 0.3) is 0 Å². The van der Waals surface area contributed by atoms with Gasteiger partial charge >= 0.3 is 0 Å². The van der Waals surface area contributed by atoms with E-state index in [2.05, 4.69) is 26.3 Å². The quantitative estimate of drug-likeness (QED) is 0.835. The van der Waals surface area contributed by atoms with Crippen LogP contribution in [0, 0.1) is 6.92 Å². The highest BCUT2D eigenvalue weighted by Crippen LogP contribution is 2.29. The van der Waals surface area contributed by atoms with Gasteiger partial charge in [0.2, 0.25) is 5.91 Å². The molecule has 2 rings (SSSR count). The Morgan fingerprint density at radius 2 is 2.13 bits per heavy atom. The van der Waals surface area contributed by atoms with Crippen LogP contribution in [0.3, 0.4) is 0 Å². The van der Waals surface area contributed by atoms with Crippen molar-refractivity contribution in [2.24, 2.45) is 0 Å². The highest BCUT2D eigenvalue weighted by molar-refractivity contribution is 9.10. The van der Waals surface area contributed by atoms with Crippen molar-refractivity contribution in [1.82, 2.24) is 15.1 Å². The molecule has 1 atom stereocenters. The molecule has 0 radical (unpaired) electrons. The van der Waals surface area contributed by atoms with Crippen LogP contribution in [0.15, 0.2) is 28.9 Å². The second-order valence-corrected chi connectivity index (χ2v) is 6.01. The van der Waals surface area contributed by atoms with E-state index >= 15 is 0 Å². The predicted molar refractivity (Wildman–Crippen MR) is 90.8 cm³/mol. The fourth-order valence-corrected chi connectivity index (χ4v) is 2.58. The number of halogens is 1. The van der Waals surface area contributed by atoms with Crippen molar-refractivity contribution in [1.29, 1.82) is 0 Å². The Morgan fingerprint density at radius 3 is 2.70 bits per heavy atom. The van der Waals surface area contributed by atoms with E-state index in [4.69, 9.17) is 9.47 Å². The molecule has 0 spiro atoms. The highest BCUT2D eigenvalue weighted by atomic mass is 79.9. The van der Waals surface area contributed by atoms with E-state index < -0.39 is 0 Å². The lowest BCUT2D eigenvalue weighted by Crippen LogP contribution is -2.30. The molecule has 7 heteroatoms. The van der Waals surface area contributed by atoms with Crippen LogP contribution in [0.1, 0.15) is 24.2 Å². The summed E-state index contributed by atoms with van der Waals surface area (Å²) in [6.45, 7) is 3.94. The minimum Gasteiger partial charge on any atom is -0.497 e. The van der Waals surface area contributed by atoms with E-state index in [1.165, 1.54) is 0 Å². The van der Waals surface area contributed by atoms with Gasteiger partial charge in [0.15, 0.2) is 0 Å². The van der Waals surface area contributed by atoms with Crippen LogP contribution in [-0.2, 0) is 11.3 Å². The molecule has 1 amide bonds. The summed E-state index contributed by atoms with van der Waals surface area (Å²) in [6, 6.07) is 5.29. The van der Waals surface area contributed by atoms with Gasteiger partial charge < -0.3 is 14.8 Å². The molecular weight excluding hydrogens is 362 g/mol. The molecule has 1 heterocycles. The van der Waals surface area contributed by atoms with Gasteiger partial charge in [-0.05, 0) is 48.0 Å². The number of carbonyl (C=O) groups is 1. The zero-order valence-electron chi connectivity index (χ0n) is 13.6. The predicted octanol–water partition coefficient (Wildman–Crippen LogP) is 2.85. The lowest BCUT2D eigenvalue weighted by atomic mass is 10.1. The molecule has 1 aromatic carbocycles. The third-order valence-corrected chi connectivity index (χ3v) is 4.25. The summed E-state index contributed by atoms with van der Waals surface area (Å²) in [5.74, 6) is 1.29. The maximum atomic E-state index is 12.2. The van der Waals surface area contributed by atoms with E-state index in [1.807, 2.05) is 32.0 Å². The number of ether oxygens (including phenoxy) is 2. The van der Waals surface area contributed by atoms with Crippen LogP contribution in [0.2, 0.25) is 0 Å². The van der Waals surface area contributed by atoms with Crippen molar-refractivity contribution in [3.63, 3.8) is 0 Å². The second-order valence-electron chi connectivity index (χ2n) is 5.16. The Bertz CT molecular complexity index is 680. The van der Waals surface area contributed by atoms with Gasteiger partial charge in [-0.3, -0.25) is 9.48 Å². The first-order valence-corrected chi connectivity index (χ1v) is 7.94. The summed E-state index contributed by atoms with van der Waals surface area (Å²) in [5.41, 5.74) is 1.71. The first-order chi connectivity index (χ1) is 10.9. The number of benzene rings is 1. The molecule has 0 saturated carbocycles. The summed E-state index contributed by atoms with van der Waals surface area (Å²) < 4.78 is 13.1. The summed E-state index contributed by atoms with van der Waals surface area (Å²) in [7, 11) is 3.20. The molecular formula is C16H20BrN3O3. The first kappa shape index (κ1) is 17.3. The monoisotopic (exact) mass is 381 g/mol. The van der Waals surface area contributed by atoms with Gasteiger partial charge in [0.05, 0.1) is 30.4 Å². The van der Waals surface area contributed by atoms with E-state index in [0.717, 1.165) is 15.7 Å². The van der Waals surface area contributed by atoms with Crippen LogP contribution in [-0.4, -0.2) is 29.9 Å². The number of nitrogens with zero attached hydrogens (tertiary/aromatic N) is 2. The van der Waals surface area contributed by atoms with Crippen molar-refractivity contribution in [2.75, 3.05) is 14.2 Å². The molecule has 23 heavy (non-hydrogen) atoms. The zero-order valence-corrected chi connectivity index (χ0v) is 15.2. The van der Waals surface area contributed by atoms with Crippen LogP contribution in [0.4, 0.5) is 0 Å². The maximum Gasteiger partial charge on any atom is 0.242 e. The number of rotatable bonds is 6. The average molecular weight is 382 g/mol. The third-order valence-electron chi connectivity index (χ3n) is 3.47. The molecule has 0 bridgehead atoms. The largest absolute Gasteiger partial charge is 0.497 e. The second kappa shape index (κ2) is 7.50. The molecule has 0 aliphatic rings. The summed E-state index contributed by atoms with van der Waals surface area (Å²) in [4.78, 5) is 12.2. The van der Waals surface area contributed by atoms with E-state index in [-0.39, 0.29) is 18.5 Å². The van der Waals surface area contributed by atoms with Gasteiger partial charge in [0.1, 0.15) is 18.0 Å². The molecule has 1 unspecified atom stereocenters. The number of nitrogens with one attached hydrogen (secondary N) is 1. The smallest absolute Gasteiger partial charge is 0.242 e. The zero-order chi connectivity index (χ0) is 17.0. The van der Waals surface area contributed by atoms with Crippen LogP contribution >= 0.6 is 15.9 Å². The number of aromatic nitrogens is 2. The molecule has 124 valence electrons. The standard InChI is InChI=1S/C16H20BrN3O3/c1-10(13-7-12(22-3)5-6-15(13)23-4)18-16(21)9-20-8-14(17)11(2)19-20/h5-8,10H,9H2,1-4H3,(H,18,21). The van der Waals surface area contributed by atoms with Crippen molar-refractivity contribution in [3.8, 4) is 11.5 Å². The third kappa shape index (κ3) is 4.25. The number of aryl methyl sites for hydroxylation is 1. The number of amides is 1. The Balaban J connectivity index is 2.08. The van der Waals surface area contributed by atoms with Crippen molar-refractivity contribution in [2.45, 2.75) is 26.4 Å². The SMILES string of the molecule is COc1ccc(OC)c(C(C)NC(=O)Cn2cc(Br)c(C)n2)c1. The molecule has 1 aromatic heterocycles. The van der Waals surface area contributed by atoms with Crippen molar-refractivity contribution < 1.29 is 14.3 Å². The molecule has 0 aliphatic carbocycles. The van der Waals surface area contributed by atoms with Crippen molar-refractivity contribution in [3.05, 3.63) is 40.1 Å². The Hall–Kier alpha value is -2.02. The number of hydrogen-bond acceptors (Lipinski definition) is 4. The maximum absolute atomic E-state index is 12.2. The minimum atomic E-state index is -0.215. The molecule has 0 fully saturated rings. The molecule has 0 saturated heterocycles. The van der Waals surface area contributed by atoms with E-state index in [9.17, 15) is 4.79 Å².